The molecule has 1 aromatic carbocycles. The molecule has 2 N–H and O–H groups in total. The first-order chi connectivity index (χ1) is 10.1. The second-order valence-corrected chi connectivity index (χ2v) is 7.30. The molecule has 2 aliphatic carbocycles. The van der Waals surface area contributed by atoms with Gasteiger partial charge in [-0.15, -0.1) is 0 Å². The number of rotatable bonds is 4. The molecule has 0 aliphatic heterocycles. The van der Waals surface area contributed by atoms with E-state index in [0.717, 1.165) is 19.4 Å². The first-order valence-electron chi connectivity index (χ1n) is 8.67. The van der Waals surface area contributed by atoms with Crippen LogP contribution < -0.4 is 5.32 Å². The van der Waals surface area contributed by atoms with Gasteiger partial charge in [0, 0.05) is 12.6 Å². The van der Waals surface area contributed by atoms with Crippen molar-refractivity contribution in [2.45, 2.75) is 75.9 Å². The third-order valence-electron chi connectivity index (χ3n) is 5.44. The first kappa shape index (κ1) is 15.1. The molecule has 0 heterocycles. The van der Waals surface area contributed by atoms with E-state index in [1.807, 2.05) is 0 Å². The van der Waals surface area contributed by atoms with Gasteiger partial charge in [-0.1, -0.05) is 55.5 Å². The minimum absolute atomic E-state index is 0.439. The van der Waals surface area contributed by atoms with Crippen LogP contribution in [0, 0.1) is 6.92 Å². The maximum Gasteiger partial charge on any atom is 0.0771 e. The van der Waals surface area contributed by atoms with Crippen LogP contribution in [-0.2, 0) is 0 Å². The van der Waals surface area contributed by atoms with Crippen LogP contribution in [0.2, 0.25) is 0 Å². The molecule has 0 amide bonds. The molecule has 0 unspecified atom stereocenters. The maximum absolute atomic E-state index is 10.7. The SMILES string of the molecule is Cc1ccc(C2CC(NCC3(O)CCCCCC3)C2)cc1. The third-order valence-corrected chi connectivity index (χ3v) is 5.44. The molecule has 3 rings (SSSR count). The topological polar surface area (TPSA) is 32.3 Å². The standard InChI is InChI=1S/C19H29NO/c1-15-6-8-16(9-7-15)17-12-18(13-17)20-14-19(21)10-4-2-3-5-11-19/h6-9,17-18,20-21H,2-5,10-14H2,1H3. The molecule has 0 spiro atoms. The normalized spacial score (nSPS) is 28.7. The summed E-state index contributed by atoms with van der Waals surface area (Å²) in [6, 6.07) is 9.57. The van der Waals surface area contributed by atoms with E-state index in [2.05, 4.69) is 36.5 Å². The second kappa shape index (κ2) is 6.50. The number of aryl methyl sites for hydroxylation is 1. The summed E-state index contributed by atoms with van der Waals surface area (Å²) in [6.07, 6.45) is 9.37. The number of hydrogen-bond acceptors (Lipinski definition) is 2. The molecule has 2 saturated carbocycles. The van der Waals surface area contributed by atoms with Crippen molar-refractivity contribution in [2.24, 2.45) is 0 Å². The van der Waals surface area contributed by atoms with Crippen molar-refractivity contribution in [3.8, 4) is 0 Å². The first-order valence-corrected chi connectivity index (χ1v) is 8.67. The highest BCUT2D eigenvalue weighted by atomic mass is 16.3. The van der Waals surface area contributed by atoms with Crippen LogP contribution in [0.3, 0.4) is 0 Å². The summed E-state index contributed by atoms with van der Waals surface area (Å²) in [5.74, 6) is 0.715. The number of nitrogens with one attached hydrogen (secondary N) is 1. The Bertz CT molecular complexity index is 439. The molecule has 0 atom stereocenters. The van der Waals surface area contributed by atoms with Gasteiger partial charge in [-0.25, -0.2) is 0 Å². The summed E-state index contributed by atoms with van der Waals surface area (Å²) in [7, 11) is 0. The Morgan fingerprint density at radius 2 is 1.67 bits per heavy atom. The molecule has 2 nitrogen and oxygen atoms in total. The van der Waals surface area contributed by atoms with Crippen LogP contribution >= 0.6 is 0 Å². The monoisotopic (exact) mass is 287 g/mol. The van der Waals surface area contributed by atoms with E-state index in [4.69, 9.17) is 0 Å². The minimum Gasteiger partial charge on any atom is -0.389 e. The molecule has 1 aromatic rings. The van der Waals surface area contributed by atoms with Gasteiger partial charge in [-0.05, 0) is 44.1 Å². The van der Waals surface area contributed by atoms with E-state index < -0.39 is 5.60 Å². The molecule has 2 heteroatoms. The van der Waals surface area contributed by atoms with Crippen molar-refractivity contribution >= 4 is 0 Å². The lowest BCUT2D eigenvalue weighted by molar-refractivity contribution is 0.0192. The fourth-order valence-corrected chi connectivity index (χ4v) is 3.79. The third kappa shape index (κ3) is 3.87. The lowest BCUT2D eigenvalue weighted by Gasteiger charge is -2.39. The van der Waals surface area contributed by atoms with Gasteiger partial charge in [0.2, 0.25) is 0 Å². The van der Waals surface area contributed by atoms with E-state index in [-0.39, 0.29) is 0 Å². The van der Waals surface area contributed by atoms with Crippen LogP contribution in [0.25, 0.3) is 0 Å². The number of hydrogen-bond donors (Lipinski definition) is 2. The van der Waals surface area contributed by atoms with Gasteiger partial charge in [0.25, 0.3) is 0 Å². The van der Waals surface area contributed by atoms with E-state index in [9.17, 15) is 5.11 Å². The molecule has 0 bridgehead atoms. The van der Waals surface area contributed by atoms with Crippen LogP contribution in [0.1, 0.15) is 68.4 Å². The zero-order valence-corrected chi connectivity index (χ0v) is 13.3. The molecular weight excluding hydrogens is 258 g/mol. The van der Waals surface area contributed by atoms with E-state index in [1.54, 1.807) is 0 Å². The van der Waals surface area contributed by atoms with Crippen LogP contribution in [0.4, 0.5) is 0 Å². The minimum atomic E-state index is -0.439. The summed E-state index contributed by atoms with van der Waals surface area (Å²) >= 11 is 0. The molecule has 0 aromatic heterocycles. The van der Waals surface area contributed by atoms with E-state index >= 15 is 0 Å². The van der Waals surface area contributed by atoms with Crippen molar-refractivity contribution in [3.05, 3.63) is 35.4 Å². The zero-order chi connectivity index (χ0) is 14.7. The molecule has 2 fully saturated rings. The Kier molecular flexibility index (Phi) is 4.66. The molecule has 21 heavy (non-hydrogen) atoms. The molecule has 116 valence electrons. The largest absolute Gasteiger partial charge is 0.389 e. The highest BCUT2D eigenvalue weighted by Gasteiger charge is 2.33. The number of benzene rings is 1. The van der Waals surface area contributed by atoms with E-state index in [0.29, 0.717) is 12.0 Å². The lowest BCUT2D eigenvalue weighted by Crippen LogP contribution is -2.48. The smallest absolute Gasteiger partial charge is 0.0771 e. The van der Waals surface area contributed by atoms with Gasteiger partial charge in [-0.2, -0.15) is 0 Å². The highest BCUT2D eigenvalue weighted by Crippen LogP contribution is 2.37. The zero-order valence-electron chi connectivity index (χ0n) is 13.3. The lowest BCUT2D eigenvalue weighted by atomic mass is 9.75. The molecular formula is C19H29NO. The summed E-state index contributed by atoms with van der Waals surface area (Å²) in [5, 5.41) is 14.3. The average molecular weight is 287 g/mol. The van der Waals surface area contributed by atoms with Gasteiger partial charge >= 0.3 is 0 Å². The van der Waals surface area contributed by atoms with Crippen LogP contribution in [0.15, 0.2) is 24.3 Å². The number of aliphatic hydroxyl groups is 1. The fraction of sp³-hybridized carbons (Fsp3) is 0.684. The molecule has 2 aliphatic rings. The maximum atomic E-state index is 10.7. The Balaban J connectivity index is 1.43. The molecule has 0 saturated heterocycles. The van der Waals surface area contributed by atoms with Gasteiger partial charge in [-0.3, -0.25) is 0 Å². The van der Waals surface area contributed by atoms with Gasteiger partial charge < -0.3 is 10.4 Å². The van der Waals surface area contributed by atoms with E-state index in [1.165, 1.54) is 49.7 Å². The quantitative estimate of drug-likeness (QED) is 0.823. The van der Waals surface area contributed by atoms with Gasteiger partial charge in [0.15, 0.2) is 0 Å². The second-order valence-electron chi connectivity index (χ2n) is 7.30. The van der Waals surface area contributed by atoms with Crippen molar-refractivity contribution < 1.29 is 5.11 Å². The highest BCUT2D eigenvalue weighted by molar-refractivity contribution is 5.26. The van der Waals surface area contributed by atoms with Crippen LogP contribution in [-0.4, -0.2) is 23.3 Å². The Morgan fingerprint density at radius 3 is 2.29 bits per heavy atom. The van der Waals surface area contributed by atoms with Crippen molar-refractivity contribution in [1.29, 1.82) is 0 Å². The van der Waals surface area contributed by atoms with Gasteiger partial charge in [0.05, 0.1) is 5.60 Å². The van der Waals surface area contributed by atoms with Gasteiger partial charge in [0.1, 0.15) is 0 Å². The Labute approximate surface area is 129 Å². The fourth-order valence-electron chi connectivity index (χ4n) is 3.79. The summed E-state index contributed by atoms with van der Waals surface area (Å²) in [4.78, 5) is 0. The van der Waals surface area contributed by atoms with Crippen molar-refractivity contribution in [3.63, 3.8) is 0 Å². The summed E-state index contributed by atoms with van der Waals surface area (Å²) < 4.78 is 0. The van der Waals surface area contributed by atoms with Crippen LogP contribution in [0.5, 0.6) is 0 Å². The van der Waals surface area contributed by atoms with Crippen molar-refractivity contribution in [1.82, 2.24) is 5.32 Å². The summed E-state index contributed by atoms with van der Waals surface area (Å²) in [5.41, 5.74) is 2.38. The summed E-state index contributed by atoms with van der Waals surface area (Å²) in [6.45, 7) is 2.93. The predicted octanol–water partition coefficient (Wildman–Crippen LogP) is 3.92. The Morgan fingerprint density at radius 1 is 1.05 bits per heavy atom. The average Bonchev–Trinajstić information content (AvgIpc) is 2.64. The predicted molar refractivity (Wildman–Crippen MR) is 87.6 cm³/mol. The Hall–Kier alpha value is -0.860. The molecule has 0 radical (unpaired) electrons. The van der Waals surface area contributed by atoms with Crippen molar-refractivity contribution in [2.75, 3.05) is 6.54 Å².